The lowest BCUT2D eigenvalue weighted by Crippen LogP contribution is -2.40. The highest BCUT2D eigenvalue weighted by molar-refractivity contribution is 5.85. The summed E-state index contributed by atoms with van der Waals surface area (Å²) in [5.41, 5.74) is 5.50. The zero-order chi connectivity index (χ0) is 10.9. The van der Waals surface area contributed by atoms with Gasteiger partial charge < -0.3 is 10.6 Å². The third-order valence-electron chi connectivity index (χ3n) is 2.40. The molecule has 1 heterocycles. The average Bonchev–Trinajstić information content (AvgIpc) is 2.47. The summed E-state index contributed by atoms with van der Waals surface area (Å²) in [4.78, 5) is 12.5. The molecule has 2 atom stereocenters. The smallest absolute Gasteiger partial charge is 0.341 e. The zero-order valence-corrected chi connectivity index (χ0v) is 9.07. The Labute approximate surface area is 92.2 Å². The molecular weight excluding hydrogens is 233 g/mol. The van der Waals surface area contributed by atoms with Crippen molar-refractivity contribution in [3.8, 4) is 0 Å². The molecule has 0 aromatic carbocycles. The number of alkyl halides is 3. The summed E-state index contributed by atoms with van der Waals surface area (Å²) in [7, 11) is 0. The van der Waals surface area contributed by atoms with E-state index in [9.17, 15) is 18.0 Å². The minimum absolute atomic E-state index is 0. The van der Waals surface area contributed by atoms with E-state index in [0.717, 1.165) is 6.92 Å². The molecule has 2 N–H and O–H groups in total. The van der Waals surface area contributed by atoms with Crippen molar-refractivity contribution < 1.29 is 18.0 Å². The highest BCUT2D eigenvalue weighted by atomic mass is 35.5. The van der Waals surface area contributed by atoms with Gasteiger partial charge in [-0.2, -0.15) is 13.2 Å². The summed E-state index contributed by atoms with van der Waals surface area (Å²) in [5.74, 6) is -2.79. The first-order chi connectivity index (χ1) is 6.32. The van der Waals surface area contributed by atoms with Crippen LogP contribution in [0, 0.1) is 5.92 Å². The third kappa shape index (κ3) is 3.53. The molecule has 0 aliphatic carbocycles. The Bertz CT molecular complexity index is 234. The molecule has 0 radical (unpaired) electrons. The van der Waals surface area contributed by atoms with E-state index < -0.39 is 18.0 Å². The van der Waals surface area contributed by atoms with Gasteiger partial charge in [-0.1, -0.05) is 0 Å². The number of hydrogen-bond donors (Lipinski definition) is 1. The minimum atomic E-state index is -4.45. The fraction of sp³-hybridized carbons (Fsp3) is 0.875. The highest BCUT2D eigenvalue weighted by Gasteiger charge is 2.43. The standard InChI is InChI=1S/C8H13F3N2O.ClH/c1-5(8(9,10)11)7(14)13-3-2-6(12)4-13;/h5-6H,2-4,12H2,1H3;1H/t5?,6-;/m1./s1. The molecule has 1 aliphatic heterocycles. The first kappa shape index (κ1) is 14.5. The van der Waals surface area contributed by atoms with E-state index in [1.54, 1.807) is 0 Å². The fourth-order valence-corrected chi connectivity index (χ4v) is 1.40. The number of halogens is 4. The Balaban J connectivity index is 0.00000196. The number of likely N-dealkylation sites (tertiary alicyclic amines) is 1. The van der Waals surface area contributed by atoms with Crippen LogP contribution in [0.5, 0.6) is 0 Å². The topological polar surface area (TPSA) is 46.3 Å². The number of nitrogens with two attached hydrogens (primary N) is 1. The van der Waals surface area contributed by atoms with E-state index in [-0.39, 0.29) is 25.0 Å². The number of nitrogens with zero attached hydrogens (tertiary/aromatic N) is 1. The predicted octanol–water partition coefficient (Wildman–Crippen LogP) is 1.17. The number of amides is 1. The molecule has 1 fully saturated rings. The van der Waals surface area contributed by atoms with Gasteiger partial charge in [0, 0.05) is 19.1 Å². The van der Waals surface area contributed by atoms with E-state index in [1.807, 2.05) is 0 Å². The van der Waals surface area contributed by atoms with Crippen LogP contribution >= 0.6 is 12.4 Å². The molecule has 15 heavy (non-hydrogen) atoms. The Hall–Kier alpha value is -0.490. The lowest BCUT2D eigenvalue weighted by atomic mass is 10.1. The van der Waals surface area contributed by atoms with Crippen LogP contribution in [0.3, 0.4) is 0 Å². The maximum Gasteiger partial charge on any atom is 0.400 e. The second kappa shape index (κ2) is 5.03. The van der Waals surface area contributed by atoms with E-state index in [4.69, 9.17) is 5.73 Å². The summed E-state index contributed by atoms with van der Waals surface area (Å²) >= 11 is 0. The Morgan fingerprint density at radius 3 is 2.40 bits per heavy atom. The molecule has 1 saturated heterocycles. The molecule has 0 bridgehead atoms. The van der Waals surface area contributed by atoms with E-state index in [2.05, 4.69) is 0 Å². The van der Waals surface area contributed by atoms with Crippen LogP contribution in [-0.4, -0.2) is 36.1 Å². The number of rotatable bonds is 1. The number of carbonyl (C=O) groups excluding carboxylic acids is 1. The normalized spacial score (nSPS) is 23.5. The molecule has 0 aromatic heterocycles. The largest absolute Gasteiger partial charge is 0.400 e. The first-order valence-corrected chi connectivity index (χ1v) is 4.43. The number of carbonyl (C=O) groups is 1. The van der Waals surface area contributed by atoms with Crippen molar-refractivity contribution in [2.75, 3.05) is 13.1 Å². The van der Waals surface area contributed by atoms with Gasteiger partial charge in [-0.3, -0.25) is 4.79 Å². The minimum Gasteiger partial charge on any atom is -0.341 e. The average molecular weight is 247 g/mol. The summed E-state index contributed by atoms with van der Waals surface area (Å²) < 4.78 is 36.5. The summed E-state index contributed by atoms with van der Waals surface area (Å²) in [6, 6.07) is -0.181. The van der Waals surface area contributed by atoms with Crippen LogP contribution in [0.15, 0.2) is 0 Å². The monoisotopic (exact) mass is 246 g/mol. The summed E-state index contributed by atoms with van der Waals surface area (Å²) in [5, 5.41) is 0. The molecule has 0 spiro atoms. The van der Waals surface area contributed by atoms with E-state index in [1.165, 1.54) is 4.90 Å². The van der Waals surface area contributed by atoms with Gasteiger partial charge in [-0.25, -0.2) is 0 Å². The van der Waals surface area contributed by atoms with Crippen molar-refractivity contribution in [2.45, 2.75) is 25.6 Å². The van der Waals surface area contributed by atoms with E-state index in [0.29, 0.717) is 13.0 Å². The quantitative estimate of drug-likeness (QED) is 0.755. The summed E-state index contributed by atoms with van der Waals surface area (Å²) in [6.45, 7) is 1.45. The van der Waals surface area contributed by atoms with Gasteiger partial charge in [0.05, 0.1) is 0 Å². The second-order valence-corrected chi connectivity index (χ2v) is 3.60. The molecular formula is C8H14ClF3N2O. The van der Waals surface area contributed by atoms with Crippen LogP contribution in [0.1, 0.15) is 13.3 Å². The molecule has 1 rings (SSSR count). The van der Waals surface area contributed by atoms with Crippen LogP contribution in [0.25, 0.3) is 0 Å². The Kier molecular flexibility index (Phi) is 4.86. The van der Waals surface area contributed by atoms with Gasteiger partial charge in [0.25, 0.3) is 0 Å². The molecule has 0 aromatic rings. The third-order valence-corrected chi connectivity index (χ3v) is 2.40. The van der Waals surface area contributed by atoms with Crippen molar-refractivity contribution >= 4 is 18.3 Å². The first-order valence-electron chi connectivity index (χ1n) is 4.43. The van der Waals surface area contributed by atoms with Crippen molar-refractivity contribution in [2.24, 2.45) is 11.7 Å². The van der Waals surface area contributed by atoms with Gasteiger partial charge in [0.1, 0.15) is 5.92 Å². The van der Waals surface area contributed by atoms with Crippen LogP contribution in [0.4, 0.5) is 13.2 Å². The van der Waals surface area contributed by atoms with Crippen molar-refractivity contribution in [3.05, 3.63) is 0 Å². The molecule has 90 valence electrons. The lowest BCUT2D eigenvalue weighted by molar-refractivity contribution is -0.184. The fourth-order valence-electron chi connectivity index (χ4n) is 1.40. The van der Waals surface area contributed by atoms with Crippen molar-refractivity contribution in [3.63, 3.8) is 0 Å². The number of hydrogen-bond acceptors (Lipinski definition) is 2. The van der Waals surface area contributed by atoms with Gasteiger partial charge >= 0.3 is 6.18 Å². The molecule has 0 saturated carbocycles. The molecule has 1 aliphatic rings. The van der Waals surface area contributed by atoms with Gasteiger partial charge in [-0.05, 0) is 13.3 Å². The maximum absolute atomic E-state index is 12.2. The highest BCUT2D eigenvalue weighted by Crippen LogP contribution is 2.28. The van der Waals surface area contributed by atoms with E-state index >= 15 is 0 Å². The predicted molar refractivity (Wildman–Crippen MR) is 51.6 cm³/mol. The van der Waals surface area contributed by atoms with Crippen molar-refractivity contribution in [1.29, 1.82) is 0 Å². The van der Waals surface area contributed by atoms with Crippen LogP contribution < -0.4 is 5.73 Å². The maximum atomic E-state index is 12.2. The Morgan fingerprint density at radius 2 is 2.07 bits per heavy atom. The summed E-state index contributed by atoms with van der Waals surface area (Å²) in [6.07, 6.45) is -3.87. The molecule has 7 heteroatoms. The van der Waals surface area contributed by atoms with Crippen LogP contribution in [0.2, 0.25) is 0 Å². The molecule has 3 nitrogen and oxygen atoms in total. The SMILES string of the molecule is CC(C(=O)N1CC[C@@H](N)C1)C(F)(F)F.Cl. The Morgan fingerprint density at radius 1 is 1.53 bits per heavy atom. The molecule has 1 amide bonds. The second-order valence-electron chi connectivity index (χ2n) is 3.60. The van der Waals surface area contributed by atoms with Gasteiger partial charge in [-0.15, -0.1) is 12.4 Å². The molecule has 1 unspecified atom stereocenters. The lowest BCUT2D eigenvalue weighted by Gasteiger charge is -2.22. The zero-order valence-electron chi connectivity index (χ0n) is 8.25. The van der Waals surface area contributed by atoms with Crippen LogP contribution in [-0.2, 0) is 4.79 Å². The van der Waals surface area contributed by atoms with Gasteiger partial charge in [0.15, 0.2) is 0 Å². The van der Waals surface area contributed by atoms with Gasteiger partial charge in [0.2, 0.25) is 5.91 Å². The van der Waals surface area contributed by atoms with Crippen molar-refractivity contribution in [1.82, 2.24) is 4.90 Å².